The van der Waals surface area contributed by atoms with Gasteiger partial charge in [-0.2, -0.15) is 0 Å². The maximum Gasteiger partial charge on any atom is 0.164 e. The van der Waals surface area contributed by atoms with Crippen molar-refractivity contribution in [3.63, 3.8) is 0 Å². The predicted octanol–water partition coefficient (Wildman–Crippen LogP) is 12.1. The van der Waals surface area contributed by atoms with Gasteiger partial charge in [0, 0.05) is 38.6 Å². The van der Waals surface area contributed by atoms with E-state index in [1.807, 2.05) is 91.0 Å². The number of hydrogen-bond acceptors (Lipinski definition) is 5. The summed E-state index contributed by atoms with van der Waals surface area (Å²) < 4.78 is 6.44. The highest BCUT2D eigenvalue weighted by Crippen LogP contribution is 2.44. The molecule has 0 aliphatic rings. The van der Waals surface area contributed by atoms with Gasteiger partial charge < -0.3 is 9.52 Å². The van der Waals surface area contributed by atoms with Gasteiger partial charge in [-0.05, 0) is 63.0 Å². The first kappa shape index (κ1) is 29.8. The summed E-state index contributed by atoms with van der Waals surface area (Å²) in [6, 6.07) is 57.0. The van der Waals surface area contributed by atoms with E-state index in [0.29, 0.717) is 28.6 Å². The molecule has 0 spiro atoms. The first-order valence-corrected chi connectivity index (χ1v) is 17.2. The van der Waals surface area contributed by atoms with Crippen LogP contribution >= 0.6 is 0 Å². The smallest absolute Gasteiger partial charge is 0.164 e. The van der Waals surface area contributed by atoms with Crippen molar-refractivity contribution in [1.29, 1.82) is 0 Å². The lowest BCUT2D eigenvalue weighted by Crippen LogP contribution is -2.02. The molecule has 0 aliphatic carbocycles. The Morgan fingerprint density at radius 1 is 0.385 bits per heavy atom. The van der Waals surface area contributed by atoms with Crippen molar-refractivity contribution in [3.8, 4) is 62.2 Å². The number of phenolic OH excluding ortho intramolecular Hbond substituents is 1. The summed E-state index contributed by atoms with van der Waals surface area (Å²) in [6.07, 6.45) is 0. The lowest BCUT2D eigenvalue weighted by molar-refractivity contribution is 0.477. The van der Waals surface area contributed by atoms with E-state index in [9.17, 15) is 5.11 Å². The van der Waals surface area contributed by atoms with Gasteiger partial charge in [0.1, 0.15) is 16.9 Å². The first-order valence-electron chi connectivity index (χ1n) is 17.2. The summed E-state index contributed by atoms with van der Waals surface area (Å²) >= 11 is 0. The summed E-state index contributed by atoms with van der Waals surface area (Å²) in [6.45, 7) is 0. The summed E-state index contributed by atoms with van der Waals surface area (Å²) in [7, 11) is 0. The Morgan fingerprint density at radius 3 is 1.65 bits per heavy atom. The zero-order chi connectivity index (χ0) is 34.6. The molecule has 1 N–H and O–H groups in total. The molecule has 0 saturated heterocycles. The molecular weight excluding hydrogens is 639 g/mol. The molecule has 5 heteroatoms. The molecule has 0 radical (unpaired) electrons. The highest BCUT2D eigenvalue weighted by molar-refractivity contribution is 6.10. The van der Waals surface area contributed by atoms with Crippen LogP contribution in [0.4, 0.5) is 0 Å². The monoisotopic (exact) mass is 667 g/mol. The van der Waals surface area contributed by atoms with Gasteiger partial charge in [0.05, 0.1) is 0 Å². The number of aromatic hydroxyl groups is 1. The minimum atomic E-state index is 0.117. The lowest BCUT2D eigenvalue weighted by Gasteiger charge is -2.16. The number of rotatable bonds is 5. The number of furan rings is 1. The van der Waals surface area contributed by atoms with E-state index in [0.717, 1.165) is 71.3 Å². The van der Waals surface area contributed by atoms with Crippen molar-refractivity contribution < 1.29 is 9.52 Å². The molecule has 2 aromatic heterocycles. The minimum absolute atomic E-state index is 0.117. The van der Waals surface area contributed by atoms with Gasteiger partial charge in [-0.3, -0.25) is 0 Å². The van der Waals surface area contributed by atoms with Crippen LogP contribution in [-0.2, 0) is 0 Å². The second kappa shape index (κ2) is 12.0. The van der Waals surface area contributed by atoms with E-state index in [2.05, 4.69) is 78.9 Å². The molecule has 0 amide bonds. The Kier molecular flexibility index (Phi) is 6.89. The fourth-order valence-corrected chi connectivity index (χ4v) is 7.25. The van der Waals surface area contributed by atoms with Crippen LogP contribution in [0.2, 0.25) is 0 Å². The van der Waals surface area contributed by atoms with Gasteiger partial charge in [-0.15, -0.1) is 0 Å². The van der Waals surface area contributed by atoms with E-state index in [1.165, 1.54) is 0 Å². The molecule has 0 atom stereocenters. The normalized spacial score (nSPS) is 11.5. The zero-order valence-corrected chi connectivity index (χ0v) is 27.9. The Hall–Kier alpha value is -7.11. The number of aromatic nitrogens is 3. The predicted molar refractivity (Wildman–Crippen MR) is 211 cm³/mol. The summed E-state index contributed by atoms with van der Waals surface area (Å²) in [4.78, 5) is 15.4. The second-order valence-electron chi connectivity index (χ2n) is 13.0. The van der Waals surface area contributed by atoms with Crippen molar-refractivity contribution >= 4 is 43.5 Å². The molecule has 10 aromatic rings. The minimum Gasteiger partial charge on any atom is -0.507 e. The molecule has 0 saturated carbocycles. The van der Waals surface area contributed by atoms with Crippen molar-refractivity contribution in [1.82, 2.24) is 15.0 Å². The molecule has 2 heterocycles. The standard InChI is InChI=1S/C47H29N3O2/c51-41-28-36(37-18-10-19-39-38-17-8-9-20-42(38)52-44(37)39)27-40(43(41)31-13-2-1-3-14-31)47-49-45(34-23-21-29-11-4-6-15-32(29)25-34)48-46(50-47)35-24-22-30-12-5-7-16-33(30)26-35/h1-28,51H. The Bertz CT molecular complexity index is 2890. The van der Waals surface area contributed by atoms with Gasteiger partial charge in [0.25, 0.3) is 0 Å². The van der Waals surface area contributed by atoms with Gasteiger partial charge >= 0.3 is 0 Å². The van der Waals surface area contributed by atoms with Crippen molar-refractivity contribution in [3.05, 3.63) is 170 Å². The molecule has 0 bridgehead atoms. The van der Waals surface area contributed by atoms with Gasteiger partial charge in [0.2, 0.25) is 0 Å². The van der Waals surface area contributed by atoms with E-state index in [-0.39, 0.29) is 5.75 Å². The highest BCUT2D eigenvalue weighted by Gasteiger charge is 2.22. The fourth-order valence-electron chi connectivity index (χ4n) is 7.25. The molecule has 244 valence electrons. The van der Waals surface area contributed by atoms with Crippen molar-refractivity contribution in [2.75, 3.05) is 0 Å². The second-order valence-corrected chi connectivity index (χ2v) is 13.0. The summed E-state index contributed by atoms with van der Waals surface area (Å²) in [5, 5.41) is 18.5. The van der Waals surface area contributed by atoms with E-state index in [4.69, 9.17) is 19.4 Å². The Labute approximate surface area is 299 Å². The molecular formula is C47H29N3O2. The quantitative estimate of drug-likeness (QED) is 0.198. The average Bonchev–Trinajstić information content (AvgIpc) is 3.59. The molecule has 0 unspecified atom stereocenters. The number of hydrogen-bond donors (Lipinski definition) is 1. The maximum atomic E-state index is 12.0. The SMILES string of the molecule is Oc1cc(-c2cccc3c2oc2ccccc23)cc(-c2nc(-c3ccc4ccccc4c3)nc(-c3ccc4ccccc4c3)n2)c1-c1ccccc1. The van der Waals surface area contributed by atoms with Crippen LogP contribution in [0, 0.1) is 0 Å². The fraction of sp³-hybridized carbons (Fsp3) is 0. The van der Waals surface area contributed by atoms with Gasteiger partial charge in [-0.25, -0.2) is 15.0 Å². The first-order chi connectivity index (χ1) is 25.7. The van der Waals surface area contributed by atoms with Gasteiger partial charge in [0.15, 0.2) is 17.5 Å². The molecule has 8 aromatic carbocycles. The van der Waals surface area contributed by atoms with E-state index < -0.39 is 0 Å². The largest absolute Gasteiger partial charge is 0.507 e. The number of nitrogens with zero attached hydrogens (tertiary/aromatic N) is 3. The molecule has 5 nitrogen and oxygen atoms in total. The molecule has 52 heavy (non-hydrogen) atoms. The van der Waals surface area contributed by atoms with Crippen LogP contribution in [0.5, 0.6) is 5.75 Å². The van der Waals surface area contributed by atoms with Crippen LogP contribution in [-0.4, -0.2) is 20.1 Å². The van der Waals surface area contributed by atoms with Crippen molar-refractivity contribution in [2.45, 2.75) is 0 Å². The zero-order valence-electron chi connectivity index (χ0n) is 27.9. The van der Waals surface area contributed by atoms with Crippen LogP contribution in [0.1, 0.15) is 0 Å². The number of phenols is 1. The van der Waals surface area contributed by atoms with Crippen LogP contribution in [0.25, 0.3) is 99.9 Å². The Morgan fingerprint density at radius 2 is 0.962 bits per heavy atom. The third-order valence-electron chi connectivity index (χ3n) is 9.79. The third-order valence-corrected chi connectivity index (χ3v) is 9.79. The van der Waals surface area contributed by atoms with Crippen molar-refractivity contribution in [2.24, 2.45) is 0 Å². The molecule has 0 fully saturated rings. The number of para-hydroxylation sites is 2. The van der Waals surface area contributed by atoms with Gasteiger partial charge in [-0.1, -0.05) is 140 Å². The number of fused-ring (bicyclic) bond motifs is 5. The van der Waals surface area contributed by atoms with E-state index in [1.54, 1.807) is 0 Å². The highest BCUT2D eigenvalue weighted by atomic mass is 16.3. The Balaban J connectivity index is 1.25. The van der Waals surface area contributed by atoms with E-state index >= 15 is 0 Å². The number of benzene rings is 8. The van der Waals surface area contributed by atoms with Crippen LogP contribution in [0.3, 0.4) is 0 Å². The van der Waals surface area contributed by atoms with Crippen LogP contribution in [0.15, 0.2) is 174 Å². The summed E-state index contributed by atoms with van der Waals surface area (Å²) in [5.74, 6) is 1.66. The summed E-state index contributed by atoms with van der Waals surface area (Å²) in [5.41, 5.74) is 7.14. The average molecular weight is 668 g/mol. The lowest BCUT2D eigenvalue weighted by atomic mass is 9.92. The van der Waals surface area contributed by atoms with Crippen LogP contribution < -0.4 is 0 Å². The molecule has 0 aliphatic heterocycles. The maximum absolute atomic E-state index is 12.0. The molecule has 10 rings (SSSR count). The third kappa shape index (κ3) is 5.07. The topological polar surface area (TPSA) is 72.0 Å².